The van der Waals surface area contributed by atoms with Gasteiger partial charge in [-0.1, -0.05) is 62.4 Å². The predicted molar refractivity (Wildman–Crippen MR) is 118 cm³/mol. The Morgan fingerprint density at radius 3 is 2.19 bits per heavy atom. The molecule has 0 aromatic heterocycles. The first-order valence-corrected chi connectivity index (χ1v) is 10.2. The molecule has 0 aliphatic rings. The second-order valence-electron chi connectivity index (χ2n) is 7.95. The first kappa shape index (κ1) is 23.9. The van der Waals surface area contributed by atoms with Gasteiger partial charge in [-0.15, -0.1) is 0 Å². The second kappa shape index (κ2) is 11.2. The molecule has 0 saturated heterocycles. The van der Waals surface area contributed by atoms with Gasteiger partial charge in [0.1, 0.15) is 18.7 Å². The van der Waals surface area contributed by atoms with Crippen LogP contribution in [0.5, 0.6) is 0 Å². The molecule has 2 aromatic carbocycles. The molecule has 0 aliphatic heterocycles. The summed E-state index contributed by atoms with van der Waals surface area (Å²) in [4.78, 5) is 36.7. The van der Waals surface area contributed by atoms with Crippen LogP contribution in [0.15, 0.2) is 48.5 Å². The Kier molecular flexibility index (Phi) is 8.61. The molecule has 2 atom stereocenters. The van der Waals surface area contributed by atoms with Crippen LogP contribution in [0.4, 0.5) is 4.79 Å². The molecule has 2 rings (SSSR count). The van der Waals surface area contributed by atoms with E-state index in [0.29, 0.717) is 0 Å². The molecule has 2 aromatic rings. The van der Waals surface area contributed by atoms with Gasteiger partial charge in [0.05, 0.1) is 0 Å². The summed E-state index contributed by atoms with van der Waals surface area (Å²) in [6, 6.07) is 12.8. The summed E-state index contributed by atoms with van der Waals surface area (Å²) >= 11 is 0. The SMILES string of the molecule is Cc1ccc(C[C@@H](NC(=O)[C@@H](NC(=O)OCc2ccccc2)C(C)C)C(=O)O)cc1C. The molecule has 0 aliphatic carbocycles. The Morgan fingerprint density at radius 2 is 1.61 bits per heavy atom. The maximum atomic E-state index is 12.8. The molecule has 0 radical (unpaired) electrons. The number of hydrogen-bond donors (Lipinski definition) is 3. The number of nitrogens with one attached hydrogen (secondary N) is 2. The van der Waals surface area contributed by atoms with Crippen LogP contribution in [0.1, 0.15) is 36.1 Å². The van der Waals surface area contributed by atoms with Gasteiger partial charge in [-0.25, -0.2) is 9.59 Å². The third-order valence-corrected chi connectivity index (χ3v) is 5.06. The molecule has 0 spiro atoms. The van der Waals surface area contributed by atoms with E-state index in [1.807, 2.05) is 62.4 Å². The van der Waals surface area contributed by atoms with Gasteiger partial charge in [-0.2, -0.15) is 0 Å². The first-order valence-electron chi connectivity index (χ1n) is 10.2. The number of benzene rings is 2. The van der Waals surface area contributed by atoms with E-state index in [9.17, 15) is 19.5 Å². The van der Waals surface area contributed by atoms with Crippen molar-refractivity contribution in [3.8, 4) is 0 Å². The largest absolute Gasteiger partial charge is 0.480 e. The van der Waals surface area contributed by atoms with Crippen LogP contribution in [0.2, 0.25) is 0 Å². The highest BCUT2D eigenvalue weighted by Crippen LogP contribution is 2.12. The molecule has 7 heteroatoms. The van der Waals surface area contributed by atoms with Crippen molar-refractivity contribution >= 4 is 18.0 Å². The highest BCUT2D eigenvalue weighted by Gasteiger charge is 2.29. The minimum absolute atomic E-state index is 0.0730. The lowest BCUT2D eigenvalue weighted by Gasteiger charge is -2.24. The molecule has 3 N–H and O–H groups in total. The fourth-order valence-corrected chi connectivity index (χ4v) is 3.05. The van der Waals surface area contributed by atoms with Gasteiger partial charge in [0.15, 0.2) is 0 Å². The molecule has 31 heavy (non-hydrogen) atoms. The number of carboxylic acid groups (broad SMARTS) is 1. The number of alkyl carbamates (subject to hydrolysis) is 1. The number of ether oxygens (including phenoxy) is 1. The zero-order chi connectivity index (χ0) is 23.0. The molecular formula is C24H30N2O5. The van der Waals surface area contributed by atoms with Crippen molar-refractivity contribution in [2.24, 2.45) is 5.92 Å². The zero-order valence-electron chi connectivity index (χ0n) is 18.3. The van der Waals surface area contributed by atoms with Crippen LogP contribution >= 0.6 is 0 Å². The molecule has 7 nitrogen and oxygen atoms in total. The third kappa shape index (κ3) is 7.44. The average molecular weight is 427 g/mol. The maximum absolute atomic E-state index is 12.8. The molecule has 0 saturated carbocycles. The summed E-state index contributed by atoms with van der Waals surface area (Å²) in [5, 5.41) is 14.7. The van der Waals surface area contributed by atoms with Gasteiger partial charge in [0.2, 0.25) is 5.91 Å². The first-order chi connectivity index (χ1) is 14.7. The van der Waals surface area contributed by atoms with Crippen molar-refractivity contribution < 1.29 is 24.2 Å². The third-order valence-electron chi connectivity index (χ3n) is 5.06. The second-order valence-corrected chi connectivity index (χ2v) is 7.95. The van der Waals surface area contributed by atoms with E-state index < -0.39 is 30.1 Å². The van der Waals surface area contributed by atoms with Crippen molar-refractivity contribution in [3.63, 3.8) is 0 Å². The van der Waals surface area contributed by atoms with Crippen LogP contribution in [-0.4, -0.2) is 35.2 Å². The summed E-state index contributed by atoms with van der Waals surface area (Å²) in [5.41, 5.74) is 3.79. The molecular weight excluding hydrogens is 396 g/mol. The fraction of sp³-hybridized carbons (Fsp3) is 0.375. The van der Waals surface area contributed by atoms with E-state index in [1.165, 1.54) is 0 Å². The normalized spacial score (nSPS) is 12.7. The van der Waals surface area contributed by atoms with Crippen LogP contribution in [-0.2, 0) is 27.4 Å². The molecule has 166 valence electrons. The lowest BCUT2D eigenvalue weighted by atomic mass is 9.99. The van der Waals surface area contributed by atoms with Crippen molar-refractivity contribution in [2.75, 3.05) is 0 Å². The number of carboxylic acids is 1. The van der Waals surface area contributed by atoms with Crippen LogP contribution in [0.3, 0.4) is 0 Å². The van der Waals surface area contributed by atoms with Crippen molar-refractivity contribution in [1.29, 1.82) is 0 Å². The van der Waals surface area contributed by atoms with Gasteiger partial charge < -0.3 is 20.5 Å². The van der Waals surface area contributed by atoms with Gasteiger partial charge in [-0.3, -0.25) is 4.79 Å². The summed E-state index contributed by atoms with van der Waals surface area (Å²) < 4.78 is 5.18. The van der Waals surface area contributed by atoms with E-state index in [1.54, 1.807) is 13.8 Å². The number of amides is 2. The summed E-state index contributed by atoms with van der Waals surface area (Å²) in [7, 11) is 0. The Balaban J connectivity index is 2.00. The fourth-order valence-electron chi connectivity index (χ4n) is 3.05. The van der Waals surface area contributed by atoms with Crippen molar-refractivity contribution in [2.45, 2.75) is 52.8 Å². The van der Waals surface area contributed by atoms with Gasteiger partial charge >= 0.3 is 12.1 Å². The van der Waals surface area contributed by atoms with Gasteiger partial charge in [-0.05, 0) is 42.0 Å². The topological polar surface area (TPSA) is 105 Å². The van der Waals surface area contributed by atoms with Crippen LogP contribution in [0, 0.1) is 19.8 Å². The Hall–Kier alpha value is -3.35. The van der Waals surface area contributed by atoms with Gasteiger partial charge in [0.25, 0.3) is 0 Å². The van der Waals surface area contributed by atoms with Crippen LogP contribution in [0.25, 0.3) is 0 Å². The highest BCUT2D eigenvalue weighted by molar-refractivity contribution is 5.89. The summed E-state index contributed by atoms with van der Waals surface area (Å²) in [6.07, 6.45) is -0.593. The number of hydrogen-bond acceptors (Lipinski definition) is 4. The maximum Gasteiger partial charge on any atom is 0.408 e. The number of aryl methyl sites for hydroxylation is 2. The van der Waals surface area contributed by atoms with Crippen LogP contribution < -0.4 is 10.6 Å². The molecule has 0 fully saturated rings. The molecule has 0 bridgehead atoms. The number of carbonyl (C=O) groups excluding carboxylic acids is 2. The Bertz CT molecular complexity index is 911. The number of aliphatic carboxylic acids is 1. The zero-order valence-corrected chi connectivity index (χ0v) is 18.3. The minimum Gasteiger partial charge on any atom is -0.480 e. The molecule has 0 heterocycles. The Morgan fingerprint density at radius 1 is 0.935 bits per heavy atom. The number of rotatable bonds is 9. The summed E-state index contributed by atoms with van der Waals surface area (Å²) in [6.45, 7) is 7.53. The monoisotopic (exact) mass is 426 g/mol. The quantitative estimate of drug-likeness (QED) is 0.570. The Labute approximate surface area is 182 Å². The van der Waals surface area contributed by atoms with Gasteiger partial charge in [0, 0.05) is 6.42 Å². The standard InChI is InChI=1S/C24H30N2O5/c1-15(2)21(26-24(30)31-14-18-8-6-5-7-9-18)22(27)25-20(23(28)29)13-19-11-10-16(3)17(4)12-19/h5-12,15,20-21H,13-14H2,1-4H3,(H,25,27)(H,26,30)(H,28,29)/t20-,21+/m1/s1. The smallest absolute Gasteiger partial charge is 0.408 e. The molecule has 2 amide bonds. The predicted octanol–water partition coefficient (Wildman–Crippen LogP) is 3.37. The molecule has 0 unspecified atom stereocenters. The lowest BCUT2D eigenvalue weighted by Crippen LogP contribution is -2.54. The van der Waals surface area contributed by atoms with E-state index in [0.717, 1.165) is 22.3 Å². The summed E-state index contributed by atoms with van der Waals surface area (Å²) in [5.74, 6) is -1.97. The highest BCUT2D eigenvalue weighted by atomic mass is 16.5. The van der Waals surface area contributed by atoms with E-state index in [2.05, 4.69) is 10.6 Å². The van der Waals surface area contributed by atoms with E-state index in [4.69, 9.17) is 4.74 Å². The van der Waals surface area contributed by atoms with E-state index in [-0.39, 0.29) is 18.9 Å². The van der Waals surface area contributed by atoms with Crippen molar-refractivity contribution in [1.82, 2.24) is 10.6 Å². The lowest BCUT2D eigenvalue weighted by molar-refractivity contribution is -0.142. The number of carbonyl (C=O) groups is 3. The minimum atomic E-state index is -1.14. The van der Waals surface area contributed by atoms with Crippen molar-refractivity contribution in [3.05, 3.63) is 70.8 Å². The average Bonchev–Trinajstić information content (AvgIpc) is 2.73. The van der Waals surface area contributed by atoms with E-state index >= 15 is 0 Å².